The molecule has 38 heavy (non-hydrogen) atoms. The van der Waals surface area contributed by atoms with Gasteiger partial charge in [-0.1, -0.05) is 85.8 Å². The quantitative estimate of drug-likeness (QED) is 0.331. The Morgan fingerprint density at radius 2 is 1.66 bits per heavy atom. The number of rotatable bonds is 6. The highest BCUT2D eigenvalue weighted by Gasteiger charge is 2.40. The van der Waals surface area contributed by atoms with E-state index in [1.54, 1.807) is 4.90 Å². The summed E-state index contributed by atoms with van der Waals surface area (Å²) in [5, 5.41) is 8.76. The molecule has 0 spiro atoms. The molecule has 2 heterocycles. The summed E-state index contributed by atoms with van der Waals surface area (Å²) in [6.45, 7) is 8.59. The van der Waals surface area contributed by atoms with Gasteiger partial charge in [-0.25, -0.2) is 4.68 Å². The monoisotopic (exact) mass is 524 g/mol. The summed E-state index contributed by atoms with van der Waals surface area (Å²) in [6, 6.07) is 25.0. The van der Waals surface area contributed by atoms with Gasteiger partial charge in [0.25, 0.3) is 0 Å². The molecule has 3 aromatic carbocycles. The van der Waals surface area contributed by atoms with E-state index in [4.69, 9.17) is 5.10 Å². The predicted molar refractivity (Wildman–Crippen MR) is 153 cm³/mol. The Morgan fingerprint density at radius 3 is 2.32 bits per heavy atom. The van der Waals surface area contributed by atoms with Crippen LogP contribution in [0.3, 0.4) is 0 Å². The average molecular weight is 525 g/mol. The van der Waals surface area contributed by atoms with Crippen LogP contribution >= 0.6 is 11.8 Å². The third-order valence-corrected chi connectivity index (χ3v) is 7.93. The Hall–Kier alpha value is -3.84. The smallest absolute Gasteiger partial charge is 0.248 e. The summed E-state index contributed by atoms with van der Waals surface area (Å²) in [7, 11) is 0. The predicted octanol–water partition coefficient (Wildman–Crippen LogP) is 6.11. The molecule has 4 aromatic rings. The van der Waals surface area contributed by atoms with Crippen molar-refractivity contribution in [3.05, 3.63) is 107 Å². The minimum Gasteiger partial charge on any atom is -0.350 e. The number of anilines is 1. The fourth-order valence-corrected chi connectivity index (χ4v) is 5.82. The first-order valence-electron chi connectivity index (χ1n) is 12.9. The van der Waals surface area contributed by atoms with E-state index in [0.29, 0.717) is 18.2 Å². The zero-order valence-electron chi connectivity index (χ0n) is 22.1. The molecule has 0 aliphatic carbocycles. The summed E-state index contributed by atoms with van der Waals surface area (Å²) in [6.07, 6.45) is 0. The van der Waals surface area contributed by atoms with Crippen LogP contribution in [0.2, 0.25) is 0 Å². The summed E-state index contributed by atoms with van der Waals surface area (Å²) in [5.74, 6) is 0.230. The lowest BCUT2D eigenvalue weighted by Crippen LogP contribution is -2.44. The standard InChI is InChI=1S/C31H32N4O2S/c1-20(2)24-14-16-25(17-15-24)34-27(36)19-38-31-28(22(4)33-35(31)26-8-6-5-7-9-26)29(34)30(37)32-18-23-12-10-21(3)11-13-23/h5-17,20,29H,18-19H2,1-4H3,(H,32,37)/t29-/m0/s1. The van der Waals surface area contributed by atoms with Crippen LogP contribution in [0.1, 0.15) is 53.8 Å². The molecule has 5 rings (SSSR count). The Balaban J connectivity index is 1.59. The molecule has 7 heteroatoms. The van der Waals surface area contributed by atoms with E-state index in [0.717, 1.165) is 33.1 Å². The first-order chi connectivity index (χ1) is 18.3. The van der Waals surface area contributed by atoms with Gasteiger partial charge < -0.3 is 5.32 Å². The highest BCUT2D eigenvalue weighted by molar-refractivity contribution is 8.00. The molecule has 1 aromatic heterocycles. The third kappa shape index (κ3) is 5.11. The van der Waals surface area contributed by atoms with Crippen molar-refractivity contribution in [1.82, 2.24) is 15.1 Å². The van der Waals surface area contributed by atoms with Gasteiger partial charge in [0.1, 0.15) is 11.1 Å². The summed E-state index contributed by atoms with van der Waals surface area (Å²) < 4.78 is 1.86. The molecule has 0 bridgehead atoms. The normalized spacial score (nSPS) is 15.3. The first-order valence-corrected chi connectivity index (χ1v) is 13.8. The van der Waals surface area contributed by atoms with Crippen LogP contribution in [0, 0.1) is 13.8 Å². The van der Waals surface area contributed by atoms with Gasteiger partial charge in [-0.05, 0) is 55.2 Å². The number of fused-ring (bicyclic) bond motifs is 1. The lowest BCUT2D eigenvalue weighted by Gasteiger charge is -2.30. The summed E-state index contributed by atoms with van der Waals surface area (Å²) in [5.41, 5.74) is 6.43. The van der Waals surface area contributed by atoms with Gasteiger partial charge >= 0.3 is 0 Å². The molecule has 2 amide bonds. The number of carbonyl (C=O) groups excluding carboxylic acids is 2. The largest absolute Gasteiger partial charge is 0.350 e. The number of benzene rings is 3. The number of para-hydroxylation sites is 1. The Morgan fingerprint density at radius 1 is 0.974 bits per heavy atom. The molecular weight excluding hydrogens is 492 g/mol. The molecule has 0 radical (unpaired) electrons. The molecule has 194 valence electrons. The summed E-state index contributed by atoms with van der Waals surface area (Å²) >= 11 is 1.43. The third-order valence-electron chi connectivity index (χ3n) is 6.87. The van der Waals surface area contributed by atoms with Gasteiger partial charge in [0.2, 0.25) is 11.8 Å². The maximum Gasteiger partial charge on any atom is 0.248 e. The lowest BCUT2D eigenvalue weighted by atomic mass is 10.0. The van der Waals surface area contributed by atoms with E-state index in [-0.39, 0.29) is 17.6 Å². The number of aryl methyl sites for hydroxylation is 2. The number of amides is 2. The fraction of sp³-hybridized carbons (Fsp3) is 0.258. The van der Waals surface area contributed by atoms with Gasteiger partial charge in [-0.2, -0.15) is 5.10 Å². The van der Waals surface area contributed by atoms with Gasteiger partial charge in [0, 0.05) is 17.8 Å². The van der Waals surface area contributed by atoms with E-state index in [2.05, 4.69) is 19.2 Å². The molecule has 6 nitrogen and oxygen atoms in total. The van der Waals surface area contributed by atoms with Crippen LogP contribution < -0.4 is 10.2 Å². The number of hydrogen-bond donors (Lipinski definition) is 1. The van der Waals surface area contributed by atoms with Crippen molar-refractivity contribution in [2.75, 3.05) is 10.7 Å². The molecule has 1 N–H and O–H groups in total. The van der Waals surface area contributed by atoms with Crippen molar-refractivity contribution in [3.63, 3.8) is 0 Å². The van der Waals surface area contributed by atoms with Crippen LogP contribution in [-0.2, 0) is 16.1 Å². The molecule has 0 saturated heterocycles. The molecule has 1 aliphatic rings. The molecule has 0 saturated carbocycles. The van der Waals surface area contributed by atoms with E-state index >= 15 is 0 Å². The highest BCUT2D eigenvalue weighted by atomic mass is 32.2. The summed E-state index contributed by atoms with van der Waals surface area (Å²) in [4.78, 5) is 29.3. The van der Waals surface area contributed by atoms with E-state index in [1.165, 1.54) is 17.3 Å². The minimum absolute atomic E-state index is 0.113. The molecule has 0 unspecified atom stereocenters. The van der Waals surface area contributed by atoms with Gasteiger partial charge in [-0.3, -0.25) is 14.5 Å². The number of hydrogen-bond acceptors (Lipinski definition) is 4. The van der Waals surface area contributed by atoms with Crippen molar-refractivity contribution < 1.29 is 9.59 Å². The second kappa shape index (κ2) is 10.9. The van der Waals surface area contributed by atoms with Crippen LogP contribution in [0.25, 0.3) is 5.69 Å². The number of nitrogens with zero attached hydrogens (tertiary/aromatic N) is 3. The zero-order chi connectivity index (χ0) is 26.8. The van der Waals surface area contributed by atoms with Crippen LogP contribution in [-0.4, -0.2) is 27.3 Å². The lowest BCUT2D eigenvalue weighted by molar-refractivity contribution is -0.126. The zero-order valence-corrected chi connectivity index (χ0v) is 23.0. The molecule has 1 atom stereocenters. The fourth-order valence-electron chi connectivity index (χ4n) is 4.74. The van der Waals surface area contributed by atoms with E-state index in [1.807, 2.05) is 97.4 Å². The number of aromatic nitrogens is 2. The highest BCUT2D eigenvalue weighted by Crippen LogP contribution is 2.41. The molecular formula is C31H32N4O2S. The van der Waals surface area contributed by atoms with Crippen LogP contribution in [0.5, 0.6) is 0 Å². The number of nitrogens with one attached hydrogen (secondary N) is 1. The van der Waals surface area contributed by atoms with Gasteiger partial charge in [-0.15, -0.1) is 0 Å². The van der Waals surface area contributed by atoms with E-state index < -0.39 is 6.04 Å². The second-order valence-corrected chi connectivity index (χ2v) is 10.9. The maximum absolute atomic E-state index is 14.0. The van der Waals surface area contributed by atoms with Crippen molar-refractivity contribution in [1.29, 1.82) is 0 Å². The average Bonchev–Trinajstić information content (AvgIpc) is 3.16. The Labute approximate surface area is 228 Å². The molecule has 1 aliphatic heterocycles. The van der Waals surface area contributed by atoms with Crippen LogP contribution in [0.4, 0.5) is 5.69 Å². The van der Waals surface area contributed by atoms with Crippen molar-refractivity contribution in [2.24, 2.45) is 0 Å². The van der Waals surface area contributed by atoms with E-state index in [9.17, 15) is 9.59 Å². The second-order valence-electron chi connectivity index (χ2n) is 9.96. The Kier molecular flexibility index (Phi) is 7.38. The first kappa shape index (κ1) is 25.8. The van der Waals surface area contributed by atoms with Crippen molar-refractivity contribution in [3.8, 4) is 5.69 Å². The molecule has 0 fully saturated rings. The van der Waals surface area contributed by atoms with Crippen molar-refractivity contribution in [2.45, 2.75) is 51.2 Å². The number of thioether (sulfide) groups is 1. The Bertz CT molecular complexity index is 1440. The van der Waals surface area contributed by atoms with Gasteiger partial charge in [0.05, 0.1) is 17.1 Å². The van der Waals surface area contributed by atoms with Crippen molar-refractivity contribution >= 4 is 29.3 Å². The van der Waals surface area contributed by atoms with Crippen LogP contribution in [0.15, 0.2) is 83.9 Å². The maximum atomic E-state index is 14.0. The van der Waals surface area contributed by atoms with Gasteiger partial charge in [0.15, 0.2) is 0 Å². The topological polar surface area (TPSA) is 67.2 Å². The SMILES string of the molecule is Cc1ccc(CNC(=O)[C@@H]2c3c(C)nn(-c4ccccc4)c3SCC(=O)N2c2ccc(C(C)C)cc2)cc1. The minimum atomic E-state index is -0.847. The number of carbonyl (C=O) groups is 2.